The smallest absolute Gasteiger partial charge is 0.255 e. The lowest BCUT2D eigenvalue weighted by molar-refractivity contribution is -0.109. The summed E-state index contributed by atoms with van der Waals surface area (Å²) in [5.41, 5.74) is 4.11. The summed E-state index contributed by atoms with van der Waals surface area (Å²) in [5.74, 6) is 1.36. The Morgan fingerprint density at radius 3 is 2.53 bits per heavy atom. The first-order valence-corrected chi connectivity index (χ1v) is 13.0. The number of hydrogen-bond donors (Lipinski definition) is 1. The predicted octanol–water partition coefficient (Wildman–Crippen LogP) is 3.21. The van der Waals surface area contributed by atoms with Crippen molar-refractivity contribution in [3.05, 3.63) is 53.1 Å². The molecule has 1 aliphatic carbocycles. The van der Waals surface area contributed by atoms with Gasteiger partial charge in [-0.25, -0.2) is 0 Å². The van der Waals surface area contributed by atoms with E-state index < -0.39 is 0 Å². The van der Waals surface area contributed by atoms with Crippen LogP contribution in [0.5, 0.6) is 11.5 Å². The van der Waals surface area contributed by atoms with Crippen molar-refractivity contribution < 1.29 is 19.1 Å². The van der Waals surface area contributed by atoms with Crippen molar-refractivity contribution in [1.82, 2.24) is 15.1 Å². The molecule has 8 heteroatoms. The number of methoxy groups -OCH3 is 2. The highest BCUT2D eigenvalue weighted by Gasteiger charge is 2.37. The van der Waals surface area contributed by atoms with Crippen LogP contribution >= 0.6 is 0 Å². The SMILES string of the molecule is COc1ccc([C@@H](CCCNC=O)N2Cc3c(cccc3N3CCN(C4CC4)CC3)C2=O)cc1OC. The minimum absolute atomic E-state index is 0.0617. The Hall–Kier alpha value is -3.26. The lowest BCUT2D eigenvalue weighted by atomic mass is 9.99. The second-order valence-electron chi connectivity index (χ2n) is 9.83. The van der Waals surface area contributed by atoms with Crippen molar-refractivity contribution >= 4 is 18.0 Å². The van der Waals surface area contributed by atoms with Crippen molar-refractivity contribution in [2.45, 2.75) is 44.3 Å². The molecule has 1 saturated carbocycles. The zero-order chi connectivity index (χ0) is 25.1. The molecular weight excluding hydrogens is 456 g/mol. The summed E-state index contributed by atoms with van der Waals surface area (Å²) in [7, 11) is 3.24. The van der Waals surface area contributed by atoms with Gasteiger partial charge in [0.25, 0.3) is 5.91 Å². The number of anilines is 1. The van der Waals surface area contributed by atoms with Crippen molar-refractivity contribution in [1.29, 1.82) is 0 Å². The Balaban J connectivity index is 1.40. The van der Waals surface area contributed by atoms with E-state index in [9.17, 15) is 9.59 Å². The van der Waals surface area contributed by atoms with Gasteiger partial charge >= 0.3 is 0 Å². The van der Waals surface area contributed by atoms with E-state index in [1.165, 1.54) is 18.5 Å². The number of hydrogen-bond acceptors (Lipinski definition) is 6. The molecule has 0 aromatic heterocycles. The van der Waals surface area contributed by atoms with E-state index in [-0.39, 0.29) is 11.9 Å². The molecule has 2 aliphatic heterocycles. The van der Waals surface area contributed by atoms with Gasteiger partial charge in [-0.05, 0) is 55.5 Å². The van der Waals surface area contributed by atoms with Gasteiger partial charge in [0.05, 0.1) is 20.3 Å². The molecule has 3 aliphatic rings. The summed E-state index contributed by atoms with van der Waals surface area (Å²) >= 11 is 0. The van der Waals surface area contributed by atoms with Crippen LogP contribution in [0.15, 0.2) is 36.4 Å². The maximum absolute atomic E-state index is 13.7. The molecule has 2 fully saturated rings. The third kappa shape index (κ3) is 4.87. The van der Waals surface area contributed by atoms with Gasteiger partial charge in [0.15, 0.2) is 11.5 Å². The van der Waals surface area contributed by atoms with Crippen LogP contribution in [0.2, 0.25) is 0 Å². The summed E-state index contributed by atoms with van der Waals surface area (Å²) in [6.07, 6.45) is 4.88. The number of piperazine rings is 1. The third-order valence-corrected chi connectivity index (χ3v) is 7.74. The molecule has 0 bridgehead atoms. The molecule has 2 aromatic carbocycles. The van der Waals surface area contributed by atoms with Gasteiger partial charge in [0.2, 0.25) is 6.41 Å². The lowest BCUT2D eigenvalue weighted by Gasteiger charge is -2.37. The maximum atomic E-state index is 13.7. The van der Waals surface area contributed by atoms with Gasteiger partial charge in [0, 0.05) is 62.1 Å². The minimum Gasteiger partial charge on any atom is -0.493 e. The Labute approximate surface area is 213 Å². The molecule has 5 rings (SSSR count). The maximum Gasteiger partial charge on any atom is 0.255 e. The van der Waals surface area contributed by atoms with Gasteiger partial charge < -0.3 is 24.6 Å². The number of fused-ring (bicyclic) bond motifs is 1. The molecule has 1 atom stereocenters. The van der Waals surface area contributed by atoms with Crippen LogP contribution in [0.4, 0.5) is 5.69 Å². The lowest BCUT2D eigenvalue weighted by Crippen LogP contribution is -2.47. The molecule has 0 spiro atoms. The molecule has 1 saturated heterocycles. The highest BCUT2D eigenvalue weighted by atomic mass is 16.5. The number of carbonyl (C=O) groups excluding carboxylic acids is 2. The monoisotopic (exact) mass is 492 g/mol. The van der Waals surface area contributed by atoms with Crippen LogP contribution in [-0.2, 0) is 11.3 Å². The molecule has 192 valence electrons. The second-order valence-corrected chi connectivity index (χ2v) is 9.83. The fourth-order valence-electron chi connectivity index (χ4n) is 5.67. The highest BCUT2D eigenvalue weighted by molar-refractivity contribution is 6.00. The van der Waals surface area contributed by atoms with Crippen molar-refractivity contribution in [3.63, 3.8) is 0 Å². The van der Waals surface area contributed by atoms with E-state index >= 15 is 0 Å². The topological polar surface area (TPSA) is 74.4 Å². The average Bonchev–Trinajstić information content (AvgIpc) is 3.72. The van der Waals surface area contributed by atoms with Gasteiger partial charge in [0.1, 0.15) is 0 Å². The molecule has 8 nitrogen and oxygen atoms in total. The quantitative estimate of drug-likeness (QED) is 0.384. The summed E-state index contributed by atoms with van der Waals surface area (Å²) in [6.45, 7) is 5.31. The van der Waals surface area contributed by atoms with E-state index in [0.717, 1.165) is 68.2 Å². The number of nitrogens with one attached hydrogen (secondary N) is 1. The zero-order valence-electron chi connectivity index (χ0n) is 21.2. The molecule has 1 N–H and O–H groups in total. The van der Waals surface area contributed by atoms with Crippen LogP contribution in [0.3, 0.4) is 0 Å². The summed E-state index contributed by atoms with van der Waals surface area (Å²) in [6, 6.07) is 12.7. The zero-order valence-corrected chi connectivity index (χ0v) is 21.2. The van der Waals surface area contributed by atoms with E-state index in [1.807, 2.05) is 35.2 Å². The van der Waals surface area contributed by atoms with Crippen molar-refractivity contribution in [2.75, 3.05) is 51.8 Å². The Morgan fingerprint density at radius 1 is 1.06 bits per heavy atom. The number of amides is 2. The van der Waals surface area contributed by atoms with Crippen molar-refractivity contribution in [3.8, 4) is 11.5 Å². The number of benzene rings is 2. The predicted molar refractivity (Wildman–Crippen MR) is 139 cm³/mol. The Morgan fingerprint density at radius 2 is 1.83 bits per heavy atom. The summed E-state index contributed by atoms with van der Waals surface area (Å²) < 4.78 is 11.0. The molecule has 36 heavy (non-hydrogen) atoms. The largest absolute Gasteiger partial charge is 0.493 e. The van der Waals surface area contributed by atoms with E-state index in [1.54, 1.807) is 14.2 Å². The Kier molecular flexibility index (Phi) is 7.32. The first-order valence-electron chi connectivity index (χ1n) is 13.0. The molecular formula is C28H36N4O4. The first-order chi connectivity index (χ1) is 17.6. The van der Waals surface area contributed by atoms with Gasteiger partial charge in [-0.3, -0.25) is 14.5 Å². The summed E-state index contributed by atoms with van der Waals surface area (Å²) in [4.78, 5) is 31.5. The van der Waals surface area contributed by atoms with Crippen LogP contribution in [0, 0.1) is 0 Å². The summed E-state index contributed by atoms with van der Waals surface area (Å²) in [5, 5.41) is 2.74. The normalized spacial score (nSPS) is 18.7. The standard InChI is InChI=1S/C28H36N4O4/c1-35-26-11-8-20(17-27(26)36-2)24(7-4-12-29-19-33)32-18-23-22(28(32)34)5-3-6-25(23)31-15-13-30(14-16-31)21-9-10-21/h3,5-6,8,11,17,19,21,24H,4,7,9-10,12-16,18H2,1-2H3,(H,29,33)/t24-/m1/s1. The average molecular weight is 493 g/mol. The number of nitrogens with zero attached hydrogens (tertiary/aromatic N) is 3. The van der Waals surface area contributed by atoms with Gasteiger partial charge in [-0.1, -0.05) is 12.1 Å². The minimum atomic E-state index is -0.141. The fraction of sp³-hybridized carbons (Fsp3) is 0.500. The van der Waals surface area contributed by atoms with Crippen LogP contribution in [-0.4, -0.2) is 75.1 Å². The number of ether oxygens (including phenoxy) is 2. The van der Waals surface area contributed by atoms with E-state index in [0.29, 0.717) is 24.6 Å². The molecule has 2 amide bonds. The van der Waals surface area contributed by atoms with Crippen LogP contribution in [0.1, 0.15) is 53.2 Å². The van der Waals surface area contributed by atoms with Crippen molar-refractivity contribution in [2.24, 2.45) is 0 Å². The highest BCUT2D eigenvalue weighted by Crippen LogP contribution is 2.40. The molecule has 0 unspecified atom stereocenters. The fourth-order valence-corrected chi connectivity index (χ4v) is 5.67. The second kappa shape index (κ2) is 10.8. The van der Waals surface area contributed by atoms with Crippen LogP contribution in [0.25, 0.3) is 0 Å². The first kappa shape index (κ1) is 24.4. The molecule has 2 aromatic rings. The van der Waals surface area contributed by atoms with Crippen LogP contribution < -0.4 is 19.7 Å². The van der Waals surface area contributed by atoms with Gasteiger partial charge in [-0.2, -0.15) is 0 Å². The molecule has 0 radical (unpaired) electrons. The number of rotatable bonds is 11. The third-order valence-electron chi connectivity index (χ3n) is 7.74. The van der Waals surface area contributed by atoms with E-state index in [4.69, 9.17) is 9.47 Å². The number of carbonyl (C=O) groups is 2. The Bertz CT molecular complexity index is 1090. The van der Waals surface area contributed by atoms with Gasteiger partial charge in [-0.15, -0.1) is 0 Å². The molecule has 2 heterocycles. The van der Waals surface area contributed by atoms with E-state index in [2.05, 4.69) is 21.2 Å².